The number of nitrogens with zero attached hydrogens (tertiary/aromatic N) is 2. The minimum absolute atomic E-state index is 0.0801. The van der Waals surface area contributed by atoms with Gasteiger partial charge in [0.2, 0.25) is 0 Å². The monoisotopic (exact) mass is 264 g/mol. The Bertz CT molecular complexity index is 554. The van der Waals surface area contributed by atoms with Crippen molar-refractivity contribution >= 4 is 17.3 Å². The molecule has 2 aromatic heterocycles. The number of aromatic nitrogens is 2. The van der Waals surface area contributed by atoms with Crippen molar-refractivity contribution in [3.8, 4) is 5.75 Å². The molecule has 0 saturated carbocycles. The highest BCUT2D eigenvalue weighted by molar-refractivity contribution is 7.09. The molecule has 0 aliphatic rings. The van der Waals surface area contributed by atoms with Crippen LogP contribution in [0.1, 0.15) is 28.1 Å². The van der Waals surface area contributed by atoms with E-state index in [4.69, 9.17) is 9.84 Å². The molecule has 0 saturated heterocycles. The van der Waals surface area contributed by atoms with Crippen LogP contribution in [-0.2, 0) is 13.0 Å². The fourth-order valence-electron chi connectivity index (χ4n) is 1.40. The average molecular weight is 264 g/mol. The lowest BCUT2D eigenvalue weighted by Gasteiger charge is -2.06. The molecule has 5 nitrogen and oxygen atoms in total. The van der Waals surface area contributed by atoms with Crippen LogP contribution in [-0.4, -0.2) is 21.0 Å². The Morgan fingerprint density at radius 2 is 2.39 bits per heavy atom. The van der Waals surface area contributed by atoms with E-state index >= 15 is 0 Å². The Hall–Kier alpha value is -1.95. The van der Waals surface area contributed by atoms with E-state index in [9.17, 15) is 4.79 Å². The molecule has 2 aromatic rings. The first-order valence-corrected chi connectivity index (χ1v) is 6.33. The summed E-state index contributed by atoms with van der Waals surface area (Å²) in [5, 5.41) is 11.9. The van der Waals surface area contributed by atoms with Crippen molar-refractivity contribution in [2.45, 2.75) is 20.0 Å². The van der Waals surface area contributed by atoms with Crippen LogP contribution in [0, 0.1) is 0 Å². The van der Waals surface area contributed by atoms with E-state index in [2.05, 4.69) is 9.97 Å². The van der Waals surface area contributed by atoms with E-state index in [0.717, 1.165) is 17.1 Å². The van der Waals surface area contributed by atoms with E-state index < -0.39 is 5.97 Å². The molecule has 0 aliphatic heterocycles. The molecule has 0 aromatic carbocycles. The zero-order valence-corrected chi connectivity index (χ0v) is 10.6. The molecular formula is C12H12N2O3S. The maximum Gasteiger partial charge on any atom is 0.358 e. The third-order valence-electron chi connectivity index (χ3n) is 2.25. The third-order valence-corrected chi connectivity index (χ3v) is 3.29. The Kier molecular flexibility index (Phi) is 3.88. The number of hydrogen-bond donors (Lipinski definition) is 1. The molecule has 2 rings (SSSR count). The lowest BCUT2D eigenvalue weighted by molar-refractivity contribution is 0.0684. The molecule has 0 spiro atoms. The van der Waals surface area contributed by atoms with Gasteiger partial charge >= 0.3 is 5.97 Å². The Balaban J connectivity index is 2.08. The van der Waals surface area contributed by atoms with Crippen molar-refractivity contribution < 1.29 is 14.6 Å². The summed E-state index contributed by atoms with van der Waals surface area (Å²) in [5.41, 5.74) is 0.723. The van der Waals surface area contributed by atoms with Crippen LogP contribution in [0.15, 0.2) is 23.7 Å². The summed E-state index contributed by atoms with van der Waals surface area (Å²) < 4.78 is 5.44. The molecule has 0 bridgehead atoms. The minimum atomic E-state index is -1.10. The van der Waals surface area contributed by atoms with Crippen molar-refractivity contribution in [2.75, 3.05) is 0 Å². The standard InChI is InChI=1S/C12H12N2O3S/c1-2-10-14-8(7-18-10)6-17-9-4-3-5-13-11(9)12(15)16/h3-5,7H,2,6H2,1H3,(H,15,16). The van der Waals surface area contributed by atoms with Crippen molar-refractivity contribution in [2.24, 2.45) is 0 Å². The molecule has 0 amide bonds. The Morgan fingerprint density at radius 3 is 3.06 bits per heavy atom. The third kappa shape index (κ3) is 2.84. The molecule has 18 heavy (non-hydrogen) atoms. The van der Waals surface area contributed by atoms with Gasteiger partial charge in [-0.15, -0.1) is 11.3 Å². The van der Waals surface area contributed by atoms with Gasteiger partial charge < -0.3 is 9.84 Å². The minimum Gasteiger partial charge on any atom is -0.485 e. The molecule has 0 aliphatic carbocycles. The van der Waals surface area contributed by atoms with Crippen molar-refractivity contribution in [3.05, 3.63) is 40.1 Å². The number of hydrogen-bond acceptors (Lipinski definition) is 5. The molecule has 0 unspecified atom stereocenters. The van der Waals surface area contributed by atoms with Gasteiger partial charge in [-0.25, -0.2) is 14.8 Å². The average Bonchev–Trinajstić information content (AvgIpc) is 2.84. The molecule has 0 atom stereocenters. The normalized spacial score (nSPS) is 10.3. The van der Waals surface area contributed by atoms with E-state index in [1.165, 1.54) is 6.20 Å². The molecule has 0 radical (unpaired) electrons. The number of carboxylic acid groups (broad SMARTS) is 1. The van der Waals surface area contributed by atoms with Crippen molar-refractivity contribution in [1.29, 1.82) is 0 Å². The number of aromatic carboxylic acids is 1. The molecule has 94 valence electrons. The van der Waals surface area contributed by atoms with Gasteiger partial charge in [-0.3, -0.25) is 0 Å². The van der Waals surface area contributed by atoms with Crippen LogP contribution in [0.25, 0.3) is 0 Å². The summed E-state index contributed by atoms with van der Waals surface area (Å²) in [4.78, 5) is 19.0. The number of thiazole rings is 1. The molecular weight excluding hydrogens is 252 g/mol. The van der Waals surface area contributed by atoms with Gasteiger partial charge in [0.25, 0.3) is 0 Å². The highest BCUT2D eigenvalue weighted by Gasteiger charge is 2.12. The Labute approximate surface area is 108 Å². The fraction of sp³-hybridized carbons (Fsp3) is 0.250. The molecule has 0 fully saturated rings. The first-order valence-electron chi connectivity index (χ1n) is 5.45. The van der Waals surface area contributed by atoms with Crippen LogP contribution < -0.4 is 4.74 Å². The lowest BCUT2D eigenvalue weighted by Crippen LogP contribution is -2.05. The largest absolute Gasteiger partial charge is 0.485 e. The predicted octanol–water partition coefficient (Wildman–Crippen LogP) is 2.38. The summed E-state index contributed by atoms with van der Waals surface area (Å²) in [5.74, 6) is -0.839. The van der Waals surface area contributed by atoms with Gasteiger partial charge in [0.1, 0.15) is 6.61 Å². The summed E-state index contributed by atoms with van der Waals surface area (Å²) in [7, 11) is 0. The maximum atomic E-state index is 10.9. The number of ether oxygens (including phenoxy) is 1. The zero-order valence-electron chi connectivity index (χ0n) is 9.79. The number of carboxylic acids is 1. The van der Waals surface area contributed by atoms with E-state index in [0.29, 0.717) is 0 Å². The number of carbonyl (C=O) groups is 1. The first-order chi connectivity index (χ1) is 8.70. The van der Waals surface area contributed by atoms with Gasteiger partial charge in [0, 0.05) is 11.6 Å². The zero-order chi connectivity index (χ0) is 13.0. The smallest absolute Gasteiger partial charge is 0.358 e. The highest BCUT2D eigenvalue weighted by atomic mass is 32.1. The Morgan fingerprint density at radius 1 is 1.56 bits per heavy atom. The second kappa shape index (κ2) is 5.59. The quantitative estimate of drug-likeness (QED) is 0.897. The van der Waals surface area contributed by atoms with Gasteiger partial charge in [0.15, 0.2) is 11.4 Å². The first kappa shape index (κ1) is 12.5. The van der Waals surface area contributed by atoms with Crippen LogP contribution in [0.2, 0.25) is 0 Å². The topological polar surface area (TPSA) is 72.3 Å². The number of pyridine rings is 1. The predicted molar refractivity (Wildman–Crippen MR) is 67.0 cm³/mol. The van der Waals surface area contributed by atoms with Gasteiger partial charge in [0.05, 0.1) is 10.7 Å². The summed E-state index contributed by atoms with van der Waals surface area (Å²) in [6.07, 6.45) is 2.31. The van der Waals surface area contributed by atoms with Crippen LogP contribution in [0.3, 0.4) is 0 Å². The summed E-state index contributed by atoms with van der Waals surface area (Å²) in [6.45, 7) is 2.29. The molecule has 2 heterocycles. The SMILES string of the molecule is CCc1nc(COc2cccnc2C(=O)O)cs1. The van der Waals surface area contributed by atoms with Crippen molar-refractivity contribution in [3.63, 3.8) is 0 Å². The fourth-order valence-corrected chi connectivity index (χ4v) is 2.13. The summed E-state index contributed by atoms with van der Waals surface area (Å²) in [6, 6.07) is 3.23. The van der Waals surface area contributed by atoms with E-state index in [1.807, 2.05) is 12.3 Å². The number of rotatable bonds is 5. The van der Waals surface area contributed by atoms with Crippen LogP contribution in [0.5, 0.6) is 5.75 Å². The van der Waals surface area contributed by atoms with Crippen LogP contribution >= 0.6 is 11.3 Å². The number of aryl methyl sites for hydroxylation is 1. The van der Waals surface area contributed by atoms with Gasteiger partial charge in [-0.2, -0.15) is 0 Å². The van der Waals surface area contributed by atoms with Gasteiger partial charge in [-0.05, 0) is 18.6 Å². The van der Waals surface area contributed by atoms with E-state index in [-0.39, 0.29) is 18.1 Å². The summed E-state index contributed by atoms with van der Waals surface area (Å²) >= 11 is 1.57. The second-order valence-electron chi connectivity index (χ2n) is 3.53. The maximum absolute atomic E-state index is 10.9. The lowest BCUT2D eigenvalue weighted by atomic mass is 10.3. The molecule has 6 heteroatoms. The van der Waals surface area contributed by atoms with Crippen LogP contribution in [0.4, 0.5) is 0 Å². The van der Waals surface area contributed by atoms with Crippen molar-refractivity contribution in [1.82, 2.24) is 9.97 Å². The van der Waals surface area contributed by atoms with Gasteiger partial charge in [-0.1, -0.05) is 6.92 Å². The molecule has 1 N–H and O–H groups in total. The van der Waals surface area contributed by atoms with E-state index in [1.54, 1.807) is 23.5 Å². The second-order valence-corrected chi connectivity index (χ2v) is 4.47. The highest BCUT2D eigenvalue weighted by Crippen LogP contribution is 2.18.